The monoisotopic (exact) mass is 482 g/mol. The molecular weight excluding hydrogens is 468 g/mol. The van der Waals surface area contributed by atoms with Crippen LogP contribution in [0, 0.1) is 0 Å². The van der Waals surface area contributed by atoms with Crippen molar-refractivity contribution in [3.63, 3.8) is 0 Å². The Kier molecular flexibility index (Phi) is 4.65. The van der Waals surface area contributed by atoms with Gasteiger partial charge in [0.2, 0.25) is 5.75 Å². The summed E-state index contributed by atoms with van der Waals surface area (Å²) in [5.41, 5.74) is -1.22. The Morgan fingerprint density at radius 3 is 2.11 bits per heavy atom. The first-order chi connectivity index (χ1) is 17.4. The molecule has 3 heterocycles. The van der Waals surface area contributed by atoms with Crippen molar-refractivity contribution in [1.29, 1.82) is 0 Å². The molecule has 0 unspecified atom stereocenters. The van der Waals surface area contributed by atoms with Gasteiger partial charge in [-0.1, -0.05) is 0 Å². The van der Waals surface area contributed by atoms with E-state index in [1.165, 1.54) is 48.5 Å². The topological polar surface area (TPSA) is 140 Å². The van der Waals surface area contributed by atoms with Gasteiger partial charge in [0.25, 0.3) is 0 Å². The van der Waals surface area contributed by atoms with Crippen LogP contribution in [0.2, 0.25) is 0 Å². The molecule has 3 aromatic heterocycles. The summed E-state index contributed by atoms with van der Waals surface area (Å²) >= 11 is 0. The van der Waals surface area contributed by atoms with Crippen molar-refractivity contribution >= 4 is 32.9 Å². The van der Waals surface area contributed by atoms with Crippen LogP contribution in [0.3, 0.4) is 0 Å². The van der Waals surface area contributed by atoms with E-state index in [-0.39, 0.29) is 50.9 Å². The Balaban J connectivity index is 1.64. The number of hydrogen-bond acceptors (Lipinski definition) is 9. The second-order valence-electron chi connectivity index (χ2n) is 8.00. The standard InChI is InChI=1S/C27H14O9/c28-16-5-1-15-10-22(27(32)35-19(15)11-16)33-21-12-20-14(4-8-23(30)34-20)9-17(21)25-18(29)6-2-13-3-7-24(31)36-26(13)25/h1-12,28-29H. The molecule has 36 heavy (non-hydrogen) atoms. The van der Waals surface area contributed by atoms with E-state index in [9.17, 15) is 24.6 Å². The van der Waals surface area contributed by atoms with Gasteiger partial charge in [0.1, 0.15) is 34.0 Å². The Morgan fingerprint density at radius 2 is 1.28 bits per heavy atom. The van der Waals surface area contributed by atoms with Crippen molar-refractivity contribution in [3.8, 4) is 34.1 Å². The minimum Gasteiger partial charge on any atom is -0.508 e. The lowest BCUT2D eigenvalue weighted by molar-refractivity contribution is 0.435. The molecule has 2 N–H and O–H groups in total. The third-order valence-corrected chi connectivity index (χ3v) is 5.67. The highest BCUT2D eigenvalue weighted by Crippen LogP contribution is 2.43. The zero-order valence-electron chi connectivity index (χ0n) is 18.2. The molecule has 0 atom stereocenters. The maximum atomic E-state index is 12.7. The number of benzene rings is 3. The molecule has 0 aliphatic carbocycles. The van der Waals surface area contributed by atoms with Crippen LogP contribution in [0.15, 0.2) is 100 Å². The van der Waals surface area contributed by atoms with Gasteiger partial charge in [-0.2, -0.15) is 0 Å². The van der Waals surface area contributed by atoms with Crippen LogP contribution >= 0.6 is 0 Å². The molecule has 0 aliphatic heterocycles. The van der Waals surface area contributed by atoms with Gasteiger partial charge < -0.3 is 28.2 Å². The summed E-state index contributed by atoms with van der Waals surface area (Å²) in [6.45, 7) is 0. The van der Waals surface area contributed by atoms with Gasteiger partial charge in [-0.25, -0.2) is 14.4 Å². The van der Waals surface area contributed by atoms with Gasteiger partial charge in [-0.3, -0.25) is 0 Å². The average molecular weight is 482 g/mol. The van der Waals surface area contributed by atoms with Crippen molar-refractivity contribution in [3.05, 3.63) is 104 Å². The van der Waals surface area contributed by atoms with Gasteiger partial charge in [0, 0.05) is 46.0 Å². The molecule has 6 aromatic rings. The molecule has 0 bridgehead atoms. The number of ether oxygens (including phenoxy) is 1. The van der Waals surface area contributed by atoms with Crippen molar-refractivity contribution in [1.82, 2.24) is 0 Å². The number of aromatic hydroxyl groups is 2. The molecule has 176 valence electrons. The highest BCUT2D eigenvalue weighted by atomic mass is 16.5. The highest BCUT2D eigenvalue weighted by molar-refractivity contribution is 6.00. The Hall–Kier alpha value is -5.31. The highest BCUT2D eigenvalue weighted by Gasteiger charge is 2.20. The van der Waals surface area contributed by atoms with Crippen LogP contribution < -0.4 is 21.6 Å². The fourth-order valence-corrected chi connectivity index (χ4v) is 4.03. The SMILES string of the molecule is O=c1ccc2cc(-c3c(O)ccc4ccc(=O)oc34)c(Oc3cc4ccc(O)cc4oc3=O)cc2o1. The van der Waals surface area contributed by atoms with Gasteiger partial charge in [-0.15, -0.1) is 0 Å². The minimum atomic E-state index is -0.831. The molecular formula is C27H14O9. The molecule has 0 saturated heterocycles. The molecule has 3 aromatic carbocycles. The second kappa shape index (κ2) is 7.88. The summed E-state index contributed by atoms with van der Waals surface area (Å²) in [5.74, 6) is -0.455. The number of rotatable bonds is 3. The van der Waals surface area contributed by atoms with Crippen LogP contribution in [0.1, 0.15) is 0 Å². The minimum absolute atomic E-state index is 0.0246. The normalized spacial score (nSPS) is 11.3. The number of phenolic OH excluding ortho intramolecular Hbond substituents is 2. The lowest BCUT2D eigenvalue weighted by Crippen LogP contribution is -2.04. The molecule has 0 radical (unpaired) electrons. The molecule has 9 heteroatoms. The van der Waals surface area contributed by atoms with Crippen LogP contribution in [-0.4, -0.2) is 10.2 Å². The first-order valence-electron chi connectivity index (χ1n) is 10.6. The molecule has 0 aliphatic rings. The predicted octanol–water partition coefficient (Wildman–Crippen LogP) is 4.88. The van der Waals surface area contributed by atoms with E-state index in [1.807, 2.05) is 0 Å². The van der Waals surface area contributed by atoms with E-state index in [1.54, 1.807) is 24.3 Å². The number of fused-ring (bicyclic) bond motifs is 3. The van der Waals surface area contributed by atoms with E-state index in [0.29, 0.717) is 16.2 Å². The van der Waals surface area contributed by atoms with E-state index in [4.69, 9.17) is 18.0 Å². The third-order valence-electron chi connectivity index (χ3n) is 5.67. The molecule has 9 nitrogen and oxygen atoms in total. The van der Waals surface area contributed by atoms with E-state index < -0.39 is 16.9 Å². The lowest BCUT2D eigenvalue weighted by Gasteiger charge is -2.14. The van der Waals surface area contributed by atoms with Gasteiger partial charge >= 0.3 is 16.9 Å². The summed E-state index contributed by atoms with van der Waals surface area (Å²) in [7, 11) is 0. The van der Waals surface area contributed by atoms with Crippen LogP contribution in [0.5, 0.6) is 23.0 Å². The molecule has 0 fully saturated rings. The predicted molar refractivity (Wildman–Crippen MR) is 130 cm³/mol. The first kappa shape index (κ1) is 21.2. The maximum absolute atomic E-state index is 12.7. The first-order valence-corrected chi connectivity index (χ1v) is 10.6. The molecule has 6 rings (SSSR count). The van der Waals surface area contributed by atoms with Crippen LogP contribution in [0.25, 0.3) is 44.0 Å². The zero-order valence-corrected chi connectivity index (χ0v) is 18.2. The maximum Gasteiger partial charge on any atom is 0.379 e. The van der Waals surface area contributed by atoms with Gasteiger partial charge in [-0.05, 0) is 48.5 Å². The summed E-state index contributed by atoms with van der Waals surface area (Å²) in [5, 5.41) is 22.0. The summed E-state index contributed by atoms with van der Waals surface area (Å²) in [6, 6.07) is 17.3. The van der Waals surface area contributed by atoms with Gasteiger partial charge in [0.15, 0.2) is 0 Å². The number of hydrogen-bond donors (Lipinski definition) is 2. The van der Waals surface area contributed by atoms with Crippen molar-refractivity contribution < 1.29 is 28.2 Å². The van der Waals surface area contributed by atoms with Crippen molar-refractivity contribution in [2.75, 3.05) is 0 Å². The Morgan fingerprint density at radius 1 is 0.611 bits per heavy atom. The van der Waals surface area contributed by atoms with E-state index >= 15 is 0 Å². The summed E-state index contributed by atoms with van der Waals surface area (Å²) in [4.78, 5) is 36.5. The van der Waals surface area contributed by atoms with Gasteiger partial charge in [0.05, 0.1) is 5.56 Å². The average Bonchev–Trinajstić information content (AvgIpc) is 2.84. The number of phenols is 2. The Labute approximate surface area is 199 Å². The lowest BCUT2D eigenvalue weighted by atomic mass is 9.99. The van der Waals surface area contributed by atoms with E-state index in [2.05, 4.69) is 0 Å². The fraction of sp³-hybridized carbons (Fsp3) is 0. The quantitative estimate of drug-likeness (QED) is 0.338. The third kappa shape index (κ3) is 3.55. The van der Waals surface area contributed by atoms with Crippen molar-refractivity contribution in [2.45, 2.75) is 0 Å². The second-order valence-corrected chi connectivity index (χ2v) is 8.00. The Bertz CT molecular complexity index is 2010. The molecule has 0 amide bonds. The molecule has 0 spiro atoms. The van der Waals surface area contributed by atoms with Crippen LogP contribution in [0.4, 0.5) is 0 Å². The fourth-order valence-electron chi connectivity index (χ4n) is 4.03. The molecule has 0 saturated carbocycles. The van der Waals surface area contributed by atoms with Crippen LogP contribution in [-0.2, 0) is 0 Å². The summed E-state index contributed by atoms with van der Waals surface area (Å²) in [6.07, 6.45) is 0. The van der Waals surface area contributed by atoms with Crippen molar-refractivity contribution in [2.24, 2.45) is 0 Å². The smallest absolute Gasteiger partial charge is 0.379 e. The summed E-state index contributed by atoms with van der Waals surface area (Å²) < 4.78 is 21.9. The van der Waals surface area contributed by atoms with E-state index in [0.717, 1.165) is 0 Å². The largest absolute Gasteiger partial charge is 0.508 e. The zero-order chi connectivity index (χ0) is 25.0.